The predicted octanol–water partition coefficient (Wildman–Crippen LogP) is 4.38. The number of halogens is 4. The molecule has 3 rings (SSSR count). The number of benzene rings is 1. The van der Waals surface area contributed by atoms with Crippen molar-refractivity contribution < 1.29 is 18.0 Å². The highest BCUT2D eigenvalue weighted by Crippen LogP contribution is 2.38. The lowest BCUT2D eigenvalue weighted by Crippen LogP contribution is -2.58. The molecule has 138 valence electrons. The Morgan fingerprint density at radius 3 is 2.46 bits per heavy atom. The smallest absolute Gasteiger partial charge is 0.349 e. The third-order valence-electron chi connectivity index (χ3n) is 4.48. The van der Waals surface area contributed by atoms with E-state index in [1.54, 1.807) is 12.1 Å². The minimum absolute atomic E-state index is 0.315. The van der Waals surface area contributed by atoms with E-state index in [9.17, 15) is 18.0 Å². The minimum atomic E-state index is -4.58. The Bertz CT molecular complexity index is 802. The van der Waals surface area contributed by atoms with Crippen LogP contribution in [0.3, 0.4) is 0 Å². The van der Waals surface area contributed by atoms with Crippen LogP contribution in [-0.4, -0.2) is 28.0 Å². The molecule has 0 radical (unpaired) electrons. The number of allylic oxidation sites excluding steroid dienone is 3. The number of hydrogen-bond acceptors (Lipinski definition) is 3. The van der Waals surface area contributed by atoms with Crippen molar-refractivity contribution in [2.75, 3.05) is 0 Å². The molecule has 0 spiro atoms. The summed E-state index contributed by atoms with van der Waals surface area (Å²) in [5.41, 5.74) is 0.492. The van der Waals surface area contributed by atoms with Crippen molar-refractivity contribution in [3.63, 3.8) is 0 Å². The lowest BCUT2D eigenvalue weighted by Gasteiger charge is -2.44. The van der Waals surface area contributed by atoms with Crippen LogP contribution in [0, 0.1) is 5.92 Å². The summed E-state index contributed by atoms with van der Waals surface area (Å²) in [5, 5.41) is 3.39. The van der Waals surface area contributed by atoms with Gasteiger partial charge in [0.15, 0.2) is 0 Å². The largest absolute Gasteiger partial charge is 0.417 e. The molecule has 0 aromatic heterocycles. The Morgan fingerprint density at radius 1 is 1.23 bits per heavy atom. The summed E-state index contributed by atoms with van der Waals surface area (Å²) in [6.07, 6.45) is -1.97. The highest BCUT2D eigenvalue weighted by Gasteiger charge is 2.47. The molecule has 26 heavy (non-hydrogen) atoms. The van der Waals surface area contributed by atoms with Gasteiger partial charge in [0, 0.05) is 22.1 Å². The highest BCUT2D eigenvalue weighted by atomic mass is 35.5. The Hall–Kier alpha value is -1.86. The van der Waals surface area contributed by atoms with Gasteiger partial charge in [-0.3, -0.25) is 4.79 Å². The van der Waals surface area contributed by atoms with Gasteiger partial charge in [0.05, 0.1) is 5.57 Å². The number of thiocarbonyl (C=S) groups is 1. The van der Waals surface area contributed by atoms with Crippen LogP contribution in [0.25, 0.3) is 0 Å². The van der Waals surface area contributed by atoms with E-state index >= 15 is 0 Å². The number of nitrogens with one attached hydrogen (secondary N) is 1. The summed E-state index contributed by atoms with van der Waals surface area (Å²) in [7, 11) is 0. The van der Waals surface area contributed by atoms with Gasteiger partial charge in [0.25, 0.3) is 0 Å². The van der Waals surface area contributed by atoms with E-state index in [0.29, 0.717) is 23.7 Å². The summed E-state index contributed by atoms with van der Waals surface area (Å²) in [5.74, 6) is -1.60. The molecule has 0 bridgehead atoms. The fourth-order valence-electron chi connectivity index (χ4n) is 3.20. The first-order valence-corrected chi connectivity index (χ1v) is 8.85. The monoisotopic (exact) mass is 400 g/mol. The SMILES string of the molecule is CCC1NC(=O)C2C(=S)C(C(F)(F)F)=CC=C2N1Cc1ccc(Cl)cc1. The van der Waals surface area contributed by atoms with Crippen molar-refractivity contribution in [3.8, 4) is 0 Å². The Kier molecular flexibility index (Phi) is 5.12. The van der Waals surface area contributed by atoms with Crippen LogP contribution in [0.5, 0.6) is 0 Å². The average molecular weight is 401 g/mol. The van der Waals surface area contributed by atoms with Gasteiger partial charge in [-0.1, -0.05) is 42.9 Å². The summed E-state index contributed by atoms with van der Waals surface area (Å²) < 4.78 is 39.5. The fourth-order valence-corrected chi connectivity index (χ4v) is 3.74. The van der Waals surface area contributed by atoms with Crippen LogP contribution >= 0.6 is 23.8 Å². The lowest BCUT2D eigenvalue weighted by molar-refractivity contribution is -0.127. The predicted molar refractivity (Wildman–Crippen MR) is 97.5 cm³/mol. The number of amides is 1. The Balaban J connectivity index is 2.00. The molecule has 1 amide bonds. The van der Waals surface area contributed by atoms with Crippen LogP contribution in [0.2, 0.25) is 5.02 Å². The van der Waals surface area contributed by atoms with E-state index in [-0.39, 0.29) is 11.0 Å². The summed E-state index contributed by atoms with van der Waals surface area (Å²) >= 11 is 10.9. The molecule has 2 unspecified atom stereocenters. The molecule has 2 atom stereocenters. The van der Waals surface area contributed by atoms with E-state index in [0.717, 1.165) is 11.6 Å². The Labute approximate surface area is 159 Å². The first-order chi connectivity index (χ1) is 12.2. The average Bonchev–Trinajstić information content (AvgIpc) is 2.57. The van der Waals surface area contributed by atoms with Crippen molar-refractivity contribution in [2.45, 2.75) is 32.2 Å². The van der Waals surface area contributed by atoms with Gasteiger partial charge in [-0.25, -0.2) is 0 Å². The Morgan fingerprint density at radius 2 is 1.88 bits per heavy atom. The summed E-state index contributed by atoms with van der Waals surface area (Å²) in [6.45, 7) is 2.33. The van der Waals surface area contributed by atoms with Gasteiger partial charge in [0.1, 0.15) is 12.1 Å². The molecule has 1 aromatic rings. The van der Waals surface area contributed by atoms with E-state index in [1.165, 1.54) is 6.08 Å². The van der Waals surface area contributed by atoms with Gasteiger partial charge in [0.2, 0.25) is 5.91 Å². The van der Waals surface area contributed by atoms with Crippen LogP contribution in [0.4, 0.5) is 13.2 Å². The van der Waals surface area contributed by atoms with Crippen molar-refractivity contribution >= 4 is 34.6 Å². The second kappa shape index (κ2) is 7.04. The summed E-state index contributed by atoms with van der Waals surface area (Å²) in [4.78, 5) is 14.0. The number of fused-ring (bicyclic) bond motifs is 1. The molecule has 1 N–H and O–H groups in total. The maximum atomic E-state index is 13.2. The van der Waals surface area contributed by atoms with Crippen molar-refractivity contribution in [3.05, 3.63) is 58.3 Å². The van der Waals surface area contributed by atoms with Crippen LogP contribution < -0.4 is 5.32 Å². The van der Waals surface area contributed by atoms with E-state index in [2.05, 4.69) is 5.32 Å². The zero-order valence-electron chi connectivity index (χ0n) is 13.8. The maximum Gasteiger partial charge on any atom is 0.417 e. The first-order valence-electron chi connectivity index (χ1n) is 8.07. The highest BCUT2D eigenvalue weighted by molar-refractivity contribution is 7.81. The molecule has 3 nitrogen and oxygen atoms in total. The molecular weight excluding hydrogens is 385 g/mol. The number of hydrogen-bond donors (Lipinski definition) is 1. The van der Waals surface area contributed by atoms with Gasteiger partial charge in [-0.2, -0.15) is 13.2 Å². The van der Waals surface area contributed by atoms with Crippen LogP contribution in [-0.2, 0) is 11.3 Å². The molecule has 1 saturated heterocycles. The third kappa shape index (κ3) is 3.50. The molecule has 1 heterocycles. The third-order valence-corrected chi connectivity index (χ3v) is 5.19. The number of rotatable bonds is 3. The number of nitrogens with zero attached hydrogens (tertiary/aromatic N) is 1. The second-order valence-corrected chi connectivity index (χ2v) is 7.03. The van der Waals surface area contributed by atoms with Crippen LogP contribution in [0.15, 0.2) is 47.7 Å². The van der Waals surface area contributed by atoms with E-state index in [4.69, 9.17) is 23.8 Å². The quantitative estimate of drug-likeness (QED) is 0.764. The zero-order chi connectivity index (χ0) is 19.1. The number of alkyl halides is 3. The van der Waals surface area contributed by atoms with Crippen molar-refractivity contribution in [1.29, 1.82) is 0 Å². The van der Waals surface area contributed by atoms with Crippen molar-refractivity contribution in [2.24, 2.45) is 5.92 Å². The van der Waals surface area contributed by atoms with E-state index in [1.807, 2.05) is 24.0 Å². The molecule has 1 aromatic carbocycles. The first kappa shape index (κ1) is 18.9. The molecular formula is C18H16ClF3N2OS. The number of carbonyl (C=O) groups excluding carboxylic acids is 1. The van der Waals surface area contributed by atoms with Gasteiger partial charge in [-0.15, -0.1) is 0 Å². The topological polar surface area (TPSA) is 32.3 Å². The molecule has 1 aliphatic carbocycles. The standard InChI is InChI=1S/C18H16ClF3N2OS/c1-2-14-23-17(25)15-13(8-7-12(16(15)26)18(20,21)22)24(14)9-10-3-5-11(19)6-4-10/h3-8,14-15H,2,9H2,1H3,(H,23,25). The van der Waals surface area contributed by atoms with Crippen LogP contribution in [0.1, 0.15) is 18.9 Å². The van der Waals surface area contributed by atoms with Gasteiger partial charge >= 0.3 is 6.18 Å². The normalized spacial score (nSPS) is 23.2. The van der Waals surface area contributed by atoms with Crippen molar-refractivity contribution in [1.82, 2.24) is 10.2 Å². The minimum Gasteiger partial charge on any atom is -0.349 e. The molecule has 0 saturated carbocycles. The van der Waals surface area contributed by atoms with Gasteiger partial charge in [-0.05, 0) is 36.3 Å². The number of carbonyl (C=O) groups is 1. The molecule has 1 aliphatic heterocycles. The zero-order valence-corrected chi connectivity index (χ0v) is 15.4. The second-order valence-electron chi connectivity index (χ2n) is 6.15. The van der Waals surface area contributed by atoms with Gasteiger partial charge < -0.3 is 10.2 Å². The molecule has 8 heteroatoms. The molecule has 1 fully saturated rings. The summed E-state index contributed by atoms with van der Waals surface area (Å²) in [6, 6.07) is 7.19. The maximum absolute atomic E-state index is 13.2. The van der Waals surface area contributed by atoms with E-state index < -0.39 is 23.6 Å². The fraction of sp³-hybridized carbons (Fsp3) is 0.333. The molecule has 2 aliphatic rings. The lowest BCUT2D eigenvalue weighted by atomic mass is 9.86.